The zero-order valence-electron chi connectivity index (χ0n) is 16.1. The van der Waals surface area contributed by atoms with E-state index in [1.165, 1.54) is 11.6 Å². The van der Waals surface area contributed by atoms with Crippen LogP contribution in [0.15, 0.2) is 28.7 Å². The van der Waals surface area contributed by atoms with Crippen LogP contribution in [0.25, 0.3) is 0 Å². The van der Waals surface area contributed by atoms with Crippen molar-refractivity contribution in [2.24, 2.45) is 5.41 Å². The van der Waals surface area contributed by atoms with Crippen molar-refractivity contribution in [1.82, 2.24) is 14.8 Å². The predicted molar refractivity (Wildman–Crippen MR) is 99.6 cm³/mol. The normalized spacial score (nSPS) is 28.3. The second-order valence-electron chi connectivity index (χ2n) is 7.25. The van der Waals surface area contributed by atoms with Crippen LogP contribution in [0.2, 0.25) is 0 Å². The van der Waals surface area contributed by atoms with Gasteiger partial charge in [0.1, 0.15) is 18.0 Å². The number of aromatic nitrogens is 3. The summed E-state index contributed by atoms with van der Waals surface area (Å²) in [6.07, 6.45) is -3.18. The Balaban J connectivity index is 1.74. The standard InChI is InChI=1S/C18H22BrF4N3O4/c1-17(10-11(5-6-12(17)20)30-18(21,22)23)14(27)15-24-16(19)25-26(15)7-9-29-13-4-2-3-8-28-13/h5-6,10,12-14,27H,2-4,7-9H2,1H3. The molecule has 0 amide bonds. The molecule has 1 aliphatic carbocycles. The molecule has 0 saturated carbocycles. The SMILES string of the molecule is CC1(C(O)c2nc(Br)nn2CCOC2CCCCO2)C=C(OC(F)(F)F)C=CC1F. The Morgan fingerprint density at radius 1 is 1.43 bits per heavy atom. The van der Waals surface area contributed by atoms with E-state index in [2.05, 4.69) is 30.7 Å². The lowest BCUT2D eigenvalue weighted by molar-refractivity contribution is -0.304. The highest BCUT2D eigenvalue weighted by molar-refractivity contribution is 9.10. The molecule has 1 N–H and O–H groups in total. The minimum atomic E-state index is -4.94. The number of allylic oxidation sites excluding steroid dienone is 2. The van der Waals surface area contributed by atoms with Crippen LogP contribution in [0.5, 0.6) is 0 Å². The van der Waals surface area contributed by atoms with Crippen molar-refractivity contribution < 1.29 is 36.9 Å². The van der Waals surface area contributed by atoms with Crippen molar-refractivity contribution in [2.45, 2.75) is 57.7 Å². The molecule has 4 unspecified atom stereocenters. The highest BCUT2D eigenvalue weighted by atomic mass is 79.9. The fourth-order valence-electron chi connectivity index (χ4n) is 3.33. The lowest BCUT2D eigenvalue weighted by Gasteiger charge is -2.35. The largest absolute Gasteiger partial charge is 0.573 e. The molecule has 2 aliphatic rings. The second kappa shape index (κ2) is 9.33. The summed E-state index contributed by atoms with van der Waals surface area (Å²) < 4.78 is 68.8. The summed E-state index contributed by atoms with van der Waals surface area (Å²) >= 11 is 3.11. The third-order valence-corrected chi connectivity index (χ3v) is 5.30. The van der Waals surface area contributed by atoms with Crippen LogP contribution in [0, 0.1) is 5.41 Å². The van der Waals surface area contributed by atoms with E-state index in [-0.39, 0.29) is 30.0 Å². The number of rotatable bonds is 7. The van der Waals surface area contributed by atoms with Crippen LogP contribution < -0.4 is 0 Å². The average molecular weight is 500 g/mol. The Morgan fingerprint density at radius 3 is 2.87 bits per heavy atom. The Hall–Kier alpha value is -1.50. The molecule has 7 nitrogen and oxygen atoms in total. The maximum Gasteiger partial charge on any atom is 0.573 e. The molecule has 0 aromatic carbocycles. The van der Waals surface area contributed by atoms with E-state index in [1.807, 2.05) is 0 Å². The molecule has 168 valence electrons. The molecule has 1 aromatic heterocycles. The van der Waals surface area contributed by atoms with Gasteiger partial charge in [-0.3, -0.25) is 0 Å². The van der Waals surface area contributed by atoms with Crippen molar-refractivity contribution in [2.75, 3.05) is 13.2 Å². The molecular formula is C18H22BrF4N3O4. The molecule has 0 radical (unpaired) electrons. The number of alkyl halides is 4. The van der Waals surface area contributed by atoms with Gasteiger partial charge in [0.25, 0.3) is 0 Å². The molecule has 1 aliphatic heterocycles. The lowest BCUT2D eigenvalue weighted by atomic mass is 9.76. The summed E-state index contributed by atoms with van der Waals surface area (Å²) in [4.78, 5) is 4.08. The topological polar surface area (TPSA) is 78.6 Å². The number of halogens is 5. The van der Waals surface area contributed by atoms with Gasteiger partial charge in [0.15, 0.2) is 12.1 Å². The van der Waals surface area contributed by atoms with Gasteiger partial charge in [-0.1, -0.05) is 0 Å². The van der Waals surface area contributed by atoms with Crippen LogP contribution in [0.1, 0.15) is 38.1 Å². The molecule has 12 heteroatoms. The van der Waals surface area contributed by atoms with E-state index in [4.69, 9.17) is 9.47 Å². The Morgan fingerprint density at radius 2 is 2.20 bits per heavy atom. The number of aliphatic hydroxyl groups is 1. The lowest BCUT2D eigenvalue weighted by Crippen LogP contribution is -2.37. The van der Waals surface area contributed by atoms with E-state index in [0.717, 1.165) is 37.5 Å². The summed E-state index contributed by atoms with van der Waals surface area (Å²) in [5.74, 6) is -0.626. The first-order valence-corrected chi connectivity index (χ1v) is 10.2. The molecule has 0 spiro atoms. The molecule has 3 rings (SSSR count). The van der Waals surface area contributed by atoms with Crippen LogP contribution in [0.3, 0.4) is 0 Å². The van der Waals surface area contributed by atoms with E-state index >= 15 is 0 Å². The summed E-state index contributed by atoms with van der Waals surface area (Å²) in [5, 5.41) is 15.0. The van der Waals surface area contributed by atoms with Crippen LogP contribution in [-0.4, -0.2) is 51.9 Å². The fraction of sp³-hybridized carbons (Fsp3) is 0.667. The van der Waals surface area contributed by atoms with Gasteiger partial charge in [-0.2, -0.15) is 0 Å². The first kappa shape index (κ1) is 23.2. The minimum Gasteiger partial charge on any atom is -0.406 e. The van der Waals surface area contributed by atoms with Gasteiger partial charge >= 0.3 is 6.36 Å². The van der Waals surface area contributed by atoms with Gasteiger partial charge < -0.3 is 19.3 Å². The first-order valence-electron chi connectivity index (χ1n) is 9.41. The number of hydrogen-bond acceptors (Lipinski definition) is 6. The van der Waals surface area contributed by atoms with Crippen LogP contribution >= 0.6 is 15.9 Å². The van der Waals surface area contributed by atoms with Gasteiger partial charge in [0.05, 0.1) is 18.6 Å². The molecule has 4 atom stereocenters. The van der Waals surface area contributed by atoms with E-state index in [0.29, 0.717) is 6.61 Å². The van der Waals surface area contributed by atoms with E-state index in [1.54, 1.807) is 0 Å². The van der Waals surface area contributed by atoms with Gasteiger partial charge in [0.2, 0.25) is 4.73 Å². The summed E-state index contributed by atoms with van der Waals surface area (Å²) in [6, 6.07) is 0. The second-order valence-corrected chi connectivity index (χ2v) is 7.96. The van der Waals surface area contributed by atoms with Gasteiger partial charge in [-0.25, -0.2) is 14.1 Å². The third-order valence-electron chi connectivity index (χ3n) is 4.96. The van der Waals surface area contributed by atoms with Gasteiger partial charge in [0, 0.05) is 6.61 Å². The third kappa shape index (κ3) is 5.59. The predicted octanol–water partition coefficient (Wildman–Crippen LogP) is 3.95. The van der Waals surface area contributed by atoms with E-state index in [9.17, 15) is 22.7 Å². The van der Waals surface area contributed by atoms with Crippen LogP contribution in [-0.2, 0) is 20.8 Å². The van der Waals surface area contributed by atoms with E-state index < -0.39 is 29.8 Å². The van der Waals surface area contributed by atoms with Crippen molar-refractivity contribution >= 4 is 15.9 Å². The summed E-state index contributed by atoms with van der Waals surface area (Å²) in [6.45, 7) is 2.30. The molecule has 30 heavy (non-hydrogen) atoms. The summed E-state index contributed by atoms with van der Waals surface area (Å²) in [7, 11) is 0. The monoisotopic (exact) mass is 499 g/mol. The molecular weight excluding hydrogens is 478 g/mol. The first-order chi connectivity index (χ1) is 14.1. The number of nitrogens with zero attached hydrogens (tertiary/aromatic N) is 3. The average Bonchev–Trinajstić information content (AvgIpc) is 3.04. The summed E-state index contributed by atoms with van der Waals surface area (Å²) in [5.41, 5.74) is -1.76. The number of aliphatic hydroxyl groups excluding tert-OH is 1. The van der Waals surface area contributed by atoms with Crippen molar-refractivity contribution in [3.8, 4) is 0 Å². The van der Waals surface area contributed by atoms with Crippen molar-refractivity contribution in [1.29, 1.82) is 0 Å². The fourth-order valence-corrected chi connectivity index (χ4v) is 3.70. The minimum absolute atomic E-state index is 0.0157. The number of hydrogen-bond donors (Lipinski definition) is 1. The number of ether oxygens (including phenoxy) is 3. The zero-order chi connectivity index (χ0) is 21.9. The molecule has 2 heterocycles. The van der Waals surface area contributed by atoms with Gasteiger partial charge in [-0.05, 0) is 60.3 Å². The highest BCUT2D eigenvalue weighted by Crippen LogP contribution is 2.44. The smallest absolute Gasteiger partial charge is 0.406 e. The van der Waals surface area contributed by atoms with Crippen molar-refractivity contribution in [3.05, 3.63) is 34.5 Å². The van der Waals surface area contributed by atoms with Crippen molar-refractivity contribution in [3.63, 3.8) is 0 Å². The Kier molecular flexibility index (Phi) is 7.20. The Labute approximate surface area is 178 Å². The maximum atomic E-state index is 14.7. The quantitative estimate of drug-likeness (QED) is 0.572. The molecule has 1 aromatic rings. The van der Waals surface area contributed by atoms with Crippen LogP contribution in [0.4, 0.5) is 17.6 Å². The maximum absolute atomic E-state index is 14.7. The molecule has 0 bridgehead atoms. The Bertz CT molecular complexity index is 795. The van der Waals surface area contributed by atoms with Gasteiger partial charge in [-0.15, -0.1) is 18.3 Å². The highest BCUT2D eigenvalue weighted by Gasteiger charge is 2.45. The molecule has 1 fully saturated rings. The molecule has 1 saturated heterocycles. The zero-order valence-corrected chi connectivity index (χ0v) is 17.7.